The van der Waals surface area contributed by atoms with E-state index in [0.717, 1.165) is 25.7 Å². The molecule has 0 aliphatic heterocycles. The number of benzene rings is 2. The largest absolute Gasteiger partial charge is 0.488 e. The minimum Gasteiger partial charge on any atom is -0.423 e. The summed E-state index contributed by atoms with van der Waals surface area (Å²) in [5.74, 6) is 0.977. The summed E-state index contributed by atoms with van der Waals surface area (Å²) in [6, 6.07) is 14.8. The third-order valence-corrected chi connectivity index (χ3v) is 6.45. The van der Waals surface area contributed by atoms with Crippen LogP contribution in [0.5, 0.6) is 0 Å². The lowest BCUT2D eigenvalue weighted by Gasteiger charge is -2.43. The topological polar surface area (TPSA) is 40.5 Å². The molecule has 3 rings (SSSR count). The Kier molecular flexibility index (Phi) is 5.59. The SMILES string of the molecule is CCCC(C)C1(C(C)CCC)c2ccccc2-c2ccc(B(O)O)cc21. The fraction of sp³-hybridized carbons (Fsp3) is 0.478. The summed E-state index contributed by atoms with van der Waals surface area (Å²) in [7, 11) is -1.43. The molecule has 138 valence electrons. The van der Waals surface area contributed by atoms with E-state index in [9.17, 15) is 10.0 Å². The van der Waals surface area contributed by atoms with Gasteiger partial charge in [0.1, 0.15) is 0 Å². The van der Waals surface area contributed by atoms with Crippen molar-refractivity contribution < 1.29 is 10.0 Å². The van der Waals surface area contributed by atoms with Gasteiger partial charge in [0.25, 0.3) is 0 Å². The molecule has 0 fully saturated rings. The van der Waals surface area contributed by atoms with Crippen LogP contribution in [0, 0.1) is 11.8 Å². The van der Waals surface area contributed by atoms with Gasteiger partial charge in [-0.15, -0.1) is 0 Å². The highest BCUT2D eigenvalue weighted by atomic mass is 16.4. The predicted octanol–water partition coefficient (Wildman–Crippen LogP) is 4.51. The summed E-state index contributed by atoms with van der Waals surface area (Å²) in [5.41, 5.74) is 5.80. The van der Waals surface area contributed by atoms with Crippen molar-refractivity contribution in [2.45, 2.75) is 58.8 Å². The lowest BCUT2D eigenvalue weighted by atomic mass is 9.59. The van der Waals surface area contributed by atoms with Crippen LogP contribution in [0.3, 0.4) is 0 Å². The molecule has 1 aliphatic carbocycles. The van der Waals surface area contributed by atoms with Gasteiger partial charge in [-0.2, -0.15) is 0 Å². The van der Waals surface area contributed by atoms with E-state index < -0.39 is 7.12 Å². The third-order valence-electron chi connectivity index (χ3n) is 6.45. The molecule has 0 saturated carbocycles. The van der Waals surface area contributed by atoms with E-state index in [1.165, 1.54) is 22.3 Å². The Hall–Kier alpha value is -1.58. The van der Waals surface area contributed by atoms with Gasteiger partial charge in [0.2, 0.25) is 0 Å². The van der Waals surface area contributed by atoms with Gasteiger partial charge in [-0.25, -0.2) is 0 Å². The molecular weight excluding hydrogens is 319 g/mol. The third kappa shape index (κ3) is 2.82. The Morgan fingerprint density at radius 2 is 1.42 bits per heavy atom. The first-order valence-electron chi connectivity index (χ1n) is 10.1. The number of rotatable bonds is 7. The van der Waals surface area contributed by atoms with Gasteiger partial charge in [-0.3, -0.25) is 0 Å². The van der Waals surface area contributed by atoms with Crippen LogP contribution in [0.4, 0.5) is 0 Å². The van der Waals surface area contributed by atoms with Crippen LogP contribution in [0.15, 0.2) is 42.5 Å². The van der Waals surface area contributed by atoms with E-state index in [-0.39, 0.29) is 5.41 Å². The molecule has 0 aromatic heterocycles. The average Bonchev–Trinajstić information content (AvgIpc) is 2.93. The van der Waals surface area contributed by atoms with Crippen LogP contribution in [0.1, 0.15) is 64.5 Å². The Labute approximate surface area is 158 Å². The van der Waals surface area contributed by atoms with Crippen molar-refractivity contribution in [2.75, 3.05) is 0 Å². The predicted molar refractivity (Wildman–Crippen MR) is 111 cm³/mol. The summed E-state index contributed by atoms with van der Waals surface area (Å²) in [6.45, 7) is 9.27. The van der Waals surface area contributed by atoms with E-state index in [1.807, 2.05) is 6.07 Å². The van der Waals surface area contributed by atoms with Crippen LogP contribution >= 0.6 is 0 Å². The molecule has 2 unspecified atom stereocenters. The van der Waals surface area contributed by atoms with Crippen molar-refractivity contribution in [3.05, 3.63) is 53.6 Å². The molecule has 0 amide bonds. The summed E-state index contributed by atoms with van der Waals surface area (Å²) in [6.07, 6.45) is 4.63. The molecule has 0 spiro atoms. The van der Waals surface area contributed by atoms with Gasteiger partial charge in [-0.1, -0.05) is 83.0 Å². The lowest BCUT2D eigenvalue weighted by molar-refractivity contribution is 0.222. The molecule has 2 atom stereocenters. The smallest absolute Gasteiger partial charge is 0.423 e. The van der Waals surface area contributed by atoms with Crippen LogP contribution < -0.4 is 5.46 Å². The minimum absolute atomic E-state index is 0.0666. The molecule has 0 heterocycles. The highest BCUT2D eigenvalue weighted by Crippen LogP contribution is 2.57. The molecular formula is C23H31BO2. The van der Waals surface area contributed by atoms with Crippen LogP contribution in [0.25, 0.3) is 11.1 Å². The Bertz CT molecular complexity index is 757. The molecule has 2 nitrogen and oxygen atoms in total. The first kappa shape index (κ1) is 19.2. The molecule has 0 bridgehead atoms. The molecule has 1 aliphatic rings. The number of hydrogen-bond acceptors (Lipinski definition) is 2. The van der Waals surface area contributed by atoms with E-state index in [4.69, 9.17) is 0 Å². The van der Waals surface area contributed by atoms with Gasteiger partial charge in [0.05, 0.1) is 0 Å². The number of fused-ring (bicyclic) bond motifs is 3. The fourth-order valence-corrected chi connectivity index (χ4v) is 5.39. The monoisotopic (exact) mass is 350 g/mol. The van der Waals surface area contributed by atoms with Crippen molar-refractivity contribution in [3.8, 4) is 11.1 Å². The normalized spacial score (nSPS) is 20.4. The van der Waals surface area contributed by atoms with Crippen molar-refractivity contribution >= 4 is 12.6 Å². The summed E-state index contributed by atoms with van der Waals surface area (Å²) >= 11 is 0. The Morgan fingerprint density at radius 1 is 0.846 bits per heavy atom. The minimum atomic E-state index is -1.43. The second-order valence-electron chi connectivity index (χ2n) is 7.97. The van der Waals surface area contributed by atoms with E-state index >= 15 is 0 Å². The van der Waals surface area contributed by atoms with Gasteiger partial charge >= 0.3 is 7.12 Å². The molecule has 2 N–H and O–H groups in total. The first-order chi connectivity index (χ1) is 12.5. The highest BCUT2D eigenvalue weighted by Gasteiger charge is 2.49. The van der Waals surface area contributed by atoms with Crippen molar-refractivity contribution in [2.24, 2.45) is 11.8 Å². The Morgan fingerprint density at radius 3 is 2.00 bits per heavy atom. The maximum atomic E-state index is 9.78. The zero-order valence-corrected chi connectivity index (χ0v) is 16.5. The average molecular weight is 350 g/mol. The van der Waals surface area contributed by atoms with Gasteiger partial charge in [-0.05, 0) is 52.4 Å². The van der Waals surface area contributed by atoms with E-state index in [1.54, 1.807) is 0 Å². The Balaban J connectivity index is 2.33. The van der Waals surface area contributed by atoms with Crippen molar-refractivity contribution in [1.82, 2.24) is 0 Å². The molecule has 2 aromatic rings. The van der Waals surface area contributed by atoms with Crippen molar-refractivity contribution in [3.63, 3.8) is 0 Å². The summed E-state index contributed by atoms with van der Waals surface area (Å²) < 4.78 is 0. The maximum Gasteiger partial charge on any atom is 0.488 e. The molecule has 26 heavy (non-hydrogen) atoms. The van der Waals surface area contributed by atoms with Gasteiger partial charge in [0.15, 0.2) is 0 Å². The summed E-state index contributed by atoms with van der Waals surface area (Å²) in [4.78, 5) is 0. The summed E-state index contributed by atoms with van der Waals surface area (Å²) in [5, 5.41) is 19.6. The van der Waals surface area contributed by atoms with Crippen molar-refractivity contribution in [1.29, 1.82) is 0 Å². The fourth-order valence-electron chi connectivity index (χ4n) is 5.39. The van der Waals surface area contributed by atoms with Gasteiger partial charge < -0.3 is 10.0 Å². The van der Waals surface area contributed by atoms with E-state index in [2.05, 4.69) is 64.1 Å². The second kappa shape index (κ2) is 7.58. The zero-order valence-electron chi connectivity index (χ0n) is 16.5. The van der Waals surface area contributed by atoms with Crippen LogP contribution in [-0.4, -0.2) is 17.2 Å². The quantitative estimate of drug-likeness (QED) is 0.722. The molecule has 2 aromatic carbocycles. The molecule has 0 saturated heterocycles. The van der Waals surface area contributed by atoms with Crippen LogP contribution in [-0.2, 0) is 5.41 Å². The maximum absolute atomic E-state index is 9.78. The van der Waals surface area contributed by atoms with E-state index in [0.29, 0.717) is 17.3 Å². The number of hydrogen-bond donors (Lipinski definition) is 2. The first-order valence-corrected chi connectivity index (χ1v) is 10.1. The van der Waals surface area contributed by atoms with Crippen LogP contribution in [0.2, 0.25) is 0 Å². The molecule has 3 heteroatoms. The standard InChI is InChI=1S/C23H31BO2/c1-5-9-16(3)23(17(4)10-6-2)21-12-8-7-11-19(21)20-14-13-18(24(25)26)15-22(20)23/h7-8,11-17,25-26H,5-6,9-10H2,1-4H3. The second-order valence-corrected chi connectivity index (χ2v) is 7.97. The molecule has 0 radical (unpaired) electrons. The zero-order chi connectivity index (χ0) is 18.9. The lowest BCUT2D eigenvalue weighted by Crippen LogP contribution is -2.41. The highest BCUT2D eigenvalue weighted by molar-refractivity contribution is 6.58. The van der Waals surface area contributed by atoms with Gasteiger partial charge in [0, 0.05) is 5.41 Å².